The predicted octanol–water partition coefficient (Wildman–Crippen LogP) is 1.10. The average Bonchev–Trinajstić information content (AvgIpc) is 2.31. The van der Waals surface area contributed by atoms with E-state index in [0.717, 1.165) is 0 Å². The van der Waals surface area contributed by atoms with Crippen LogP contribution in [-0.2, 0) is 19.8 Å². The van der Waals surface area contributed by atoms with Crippen molar-refractivity contribution in [3.63, 3.8) is 0 Å². The Bertz CT molecular complexity index is 418. The second kappa shape index (κ2) is 3.37. The Kier molecular flexibility index (Phi) is 2.83. The molecule has 0 spiro atoms. The largest absolute Gasteiger partial charge is 0.519 e. The lowest BCUT2D eigenvalue weighted by atomic mass is 10.4. The van der Waals surface area contributed by atoms with Gasteiger partial charge < -0.3 is 0 Å². The summed E-state index contributed by atoms with van der Waals surface area (Å²) in [6, 6.07) is 0. The van der Waals surface area contributed by atoms with Crippen LogP contribution < -0.4 is 0 Å². The first-order valence-corrected chi connectivity index (χ1v) is 7.01. The molecule has 0 N–H and O–H groups in total. The lowest BCUT2D eigenvalue weighted by molar-refractivity contribution is -0.0434. The van der Waals surface area contributed by atoms with Gasteiger partial charge in [0, 0.05) is 11.5 Å². The maximum atomic E-state index is 11.8. The van der Waals surface area contributed by atoms with Crippen LogP contribution in [0.1, 0.15) is 12.8 Å². The minimum atomic E-state index is -5.59. The number of hydrogen-bond acceptors (Lipinski definition) is 3. The van der Waals surface area contributed by atoms with E-state index in [0.29, 0.717) is 12.8 Å². The molecule has 1 rings (SSSR count). The second-order valence-electron chi connectivity index (χ2n) is 2.88. The smallest absolute Gasteiger partial charge is 0.249 e. The molecule has 9 heteroatoms. The number of sulfonamides is 1. The summed E-state index contributed by atoms with van der Waals surface area (Å²) < 4.78 is 70.5. The fraction of sp³-hybridized carbons (Fsp3) is 1.00. The molecule has 0 aromatic heterocycles. The molecule has 1 aliphatic rings. The Labute approximate surface area is 79.7 Å². The molecule has 0 aliphatic carbocycles. The van der Waals surface area contributed by atoms with Gasteiger partial charge in [-0.1, -0.05) is 0 Å². The van der Waals surface area contributed by atoms with E-state index in [9.17, 15) is 25.8 Å². The Balaban J connectivity index is 3.16. The third-order valence-corrected chi connectivity index (χ3v) is 6.01. The molecular formula is C5H8F3NO3S2. The van der Waals surface area contributed by atoms with Crippen molar-refractivity contribution in [1.29, 1.82) is 0 Å². The highest BCUT2D eigenvalue weighted by molar-refractivity contribution is 8.03. The Morgan fingerprint density at radius 3 is 1.93 bits per heavy atom. The van der Waals surface area contributed by atoms with Crippen LogP contribution in [0.4, 0.5) is 13.2 Å². The molecule has 0 radical (unpaired) electrons. The quantitative estimate of drug-likeness (QED) is 0.701. The molecule has 0 atom stereocenters. The van der Waals surface area contributed by atoms with Crippen LogP contribution in [0.3, 0.4) is 0 Å². The fourth-order valence-corrected chi connectivity index (χ4v) is 4.93. The van der Waals surface area contributed by atoms with Gasteiger partial charge in [-0.05, 0) is 12.8 Å². The molecule has 14 heavy (non-hydrogen) atoms. The topological polar surface area (TPSA) is 63.6 Å². The third-order valence-electron chi connectivity index (χ3n) is 1.70. The maximum Gasteiger partial charge on any atom is 0.519 e. The first-order valence-electron chi connectivity index (χ1n) is 3.71. The Hall–Kier alpha value is -0.310. The van der Waals surface area contributed by atoms with Crippen molar-refractivity contribution in [3.8, 4) is 0 Å². The summed E-state index contributed by atoms with van der Waals surface area (Å²) in [6.45, 7) is 0. The minimum Gasteiger partial charge on any atom is -0.249 e. The van der Waals surface area contributed by atoms with Gasteiger partial charge in [0.25, 0.3) is 0 Å². The summed E-state index contributed by atoms with van der Waals surface area (Å²) in [7, 11) is -8.77. The first kappa shape index (κ1) is 11.8. The molecule has 0 amide bonds. The molecule has 0 unspecified atom stereocenters. The van der Waals surface area contributed by atoms with E-state index in [-0.39, 0.29) is 11.5 Å². The van der Waals surface area contributed by atoms with Crippen LogP contribution in [0.15, 0.2) is 3.77 Å². The third kappa shape index (κ3) is 2.38. The van der Waals surface area contributed by atoms with Crippen molar-refractivity contribution >= 4 is 19.8 Å². The van der Waals surface area contributed by atoms with Crippen LogP contribution in [-0.4, -0.2) is 29.6 Å². The van der Waals surface area contributed by atoms with Crippen molar-refractivity contribution in [2.24, 2.45) is 3.77 Å². The highest BCUT2D eigenvalue weighted by Crippen LogP contribution is 2.27. The average molecular weight is 251 g/mol. The molecule has 0 saturated carbocycles. The molecule has 0 bridgehead atoms. The summed E-state index contributed by atoms with van der Waals surface area (Å²) in [6.07, 6.45) is 0.908. The molecule has 0 aromatic carbocycles. The Morgan fingerprint density at radius 1 is 1.14 bits per heavy atom. The maximum absolute atomic E-state index is 11.8. The zero-order chi connectivity index (χ0) is 11.0. The highest BCUT2D eigenvalue weighted by atomic mass is 32.3. The Morgan fingerprint density at radius 2 is 1.57 bits per heavy atom. The van der Waals surface area contributed by atoms with Gasteiger partial charge in [0.1, 0.15) is 0 Å². The molecule has 84 valence electrons. The van der Waals surface area contributed by atoms with Crippen LogP contribution >= 0.6 is 0 Å². The number of rotatable bonds is 1. The summed E-state index contributed by atoms with van der Waals surface area (Å²) in [5.74, 6) is -0.134. The monoisotopic (exact) mass is 251 g/mol. The summed E-state index contributed by atoms with van der Waals surface area (Å²) in [5.41, 5.74) is -5.44. The zero-order valence-corrected chi connectivity index (χ0v) is 8.58. The van der Waals surface area contributed by atoms with E-state index in [1.165, 1.54) is 0 Å². The highest BCUT2D eigenvalue weighted by Gasteiger charge is 2.47. The number of nitrogens with zero attached hydrogens (tertiary/aromatic N) is 1. The summed E-state index contributed by atoms with van der Waals surface area (Å²) in [5, 5.41) is 0. The van der Waals surface area contributed by atoms with Crippen molar-refractivity contribution in [2.45, 2.75) is 18.3 Å². The first-order chi connectivity index (χ1) is 6.16. The number of hydrogen-bond donors (Lipinski definition) is 0. The fourth-order valence-electron chi connectivity index (χ4n) is 1.05. The zero-order valence-electron chi connectivity index (χ0n) is 6.95. The molecule has 1 aliphatic heterocycles. The molecular weight excluding hydrogens is 243 g/mol. The summed E-state index contributed by atoms with van der Waals surface area (Å²) >= 11 is 0. The van der Waals surface area contributed by atoms with Gasteiger partial charge in [-0.3, -0.25) is 0 Å². The van der Waals surface area contributed by atoms with Gasteiger partial charge in [0.05, 0.1) is 9.73 Å². The van der Waals surface area contributed by atoms with E-state index in [2.05, 4.69) is 3.77 Å². The van der Waals surface area contributed by atoms with E-state index in [1.807, 2.05) is 0 Å². The van der Waals surface area contributed by atoms with E-state index in [1.54, 1.807) is 0 Å². The second-order valence-corrected chi connectivity index (χ2v) is 7.25. The molecule has 1 heterocycles. The number of alkyl halides is 3. The van der Waals surface area contributed by atoms with Crippen molar-refractivity contribution in [3.05, 3.63) is 0 Å². The molecule has 1 fully saturated rings. The summed E-state index contributed by atoms with van der Waals surface area (Å²) in [4.78, 5) is 0. The van der Waals surface area contributed by atoms with Crippen LogP contribution in [0.5, 0.6) is 0 Å². The van der Waals surface area contributed by atoms with Crippen molar-refractivity contribution < 1.29 is 25.8 Å². The van der Waals surface area contributed by atoms with Gasteiger partial charge >= 0.3 is 15.5 Å². The van der Waals surface area contributed by atoms with E-state index < -0.39 is 25.3 Å². The predicted molar refractivity (Wildman–Crippen MR) is 44.5 cm³/mol. The van der Waals surface area contributed by atoms with Crippen molar-refractivity contribution in [1.82, 2.24) is 0 Å². The molecule has 1 saturated heterocycles. The van der Waals surface area contributed by atoms with Crippen LogP contribution in [0.25, 0.3) is 0 Å². The van der Waals surface area contributed by atoms with Gasteiger partial charge in [-0.25, -0.2) is 4.21 Å². The van der Waals surface area contributed by atoms with Gasteiger partial charge in [-0.15, -0.1) is 3.77 Å². The van der Waals surface area contributed by atoms with Crippen LogP contribution in [0.2, 0.25) is 0 Å². The van der Waals surface area contributed by atoms with E-state index >= 15 is 0 Å². The lowest BCUT2D eigenvalue weighted by Gasteiger charge is -2.04. The standard InChI is InChI=1S/C5H8F3NO3S2/c6-5(7,8)14(11,12)9-13(10)3-1-2-4-13/h1-4H2. The normalized spacial score (nSPS) is 22.2. The lowest BCUT2D eigenvalue weighted by Crippen LogP contribution is -2.22. The molecule has 0 aromatic rings. The molecule has 4 nitrogen and oxygen atoms in total. The van der Waals surface area contributed by atoms with Crippen LogP contribution in [0, 0.1) is 0 Å². The SMILES string of the molecule is O=S(=O)(N=S1(=O)CCCC1)C(F)(F)F. The van der Waals surface area contributed by atoms with E-state index in [4.69, 9.17) is 0 Å². The van der Waals surface area contributed by atoms with Crippen molar-refractivity contribution in [2.75, 3.05) is 11.5 Å². The van der Waals surface area contributed by atoms with Gasteiger partial charge in [0.2, 0.25) is 0 Å². The van der Waals surface area contributed by atoms with Gasteiger partial charge in [0.15, 0.2) is 0 Å². The van der Waals surface area contributed by atoms with Gasteiger partial charge in [-0.2, -0.15) is 21.6 Å². The minimum absolute atomic E-state index is 0.0672. The number of halogens is 3.